The fraction of sp³-hybridized carbons (Fsp3) is 0.429. The molecule has 1 aromatic carbocycles. The minimum Gasteiger partial charge on any atom is -0.463 e. The lowest BCUT2D eigenvalue weighted by atomic mass is 9.90. The van der Waals surface area contributed by atoms with Crippen LogP contribution in [0.25, 0.3) is 0 Å². The van der Waals surface area contributed by atoms with Crippen LogP contribution in [0.1, 0.15) is 35.3 Å². The van der Waals surface area contributed by atoms with Crippen LogP contribution in [0.4, 0.5) is 0 Å². The van der Waals surface area contributed by atoms with Crippen molar-refractivity contribution in [2.24, 2.45) is 5.41 Å². The summed E-state index contributed by atoms with van der Waals surface area (Å²) in [5.41, 5.74) is 2.67. The highest BCUT2D eigenvalue weighted by Crippen LogP contribution is 2.38. The summed E-state index contributed by atoms with van der Waals surface area (Å²) in [4.78, 5) is 23.1. The summed E-state index contributed by atoms with van der Waals surface area (Å²) in [6.07, 6.45) is 1.83. The lowest BCUT2D eigenvalue weighted by molar-refractivity contribution is -0.135. The van der Waals surface area contributed by atoms with Gasteiger partial charge in [0.15, 0.2) is 0 Å². The smallest absolute Gasteiger partial charge is 0.379 e. The second kappa shape index (κ2) is 4.39. The van der Waals surface area contributed by atoms with Gasteiger partial charge < -0.3 is 4.74 Å². The Bertz CT molecular complexity index is 532. The zero-order chi connectivity index (χ0) is 13.5. The Balaban J connectivity index is 2.42. The lowest BCUT2D eigenvalue weighted by Crippen LogP contribution is -2.16. The average Bonchev–Trinajstić information content (AvgIpc) is 2.59. The van der Waals surface area contributed by atoms with E-state index in [1.807, 2.05) is 0 Å². The van der Waals surface area contributed by atoms with Gasteiger partial charge in [0.1, 0.15) is 0 Å². The molecule has 2 rings (SSSR count). The summed E-state index contributed by atoms with van der Waals surface area (Å²) in [5.74, 6) is -1.57. The van der Waals surface area contributed by atoms with Crippen LogP contribution in [0.15, 0.2) is 12.1 Å². The molecular formula is C14H15ClO3. The van der Waals surface area contributed by atoms with Crippen molar-refractivity contribution in [3.63, 3.8) is 0 Å². The number of carbonyl (C=O) groups is 2. The molecule has 0 bridgehead atoms. The van der Waals surface area contributed by atoms with Crippen molar-refractivity contribution in [3.05, 3.63) is 33.8 Å². The summed E-state index contributed by atoms with van der Waals surface area (Å²) in [7, 11) is 1.19. The Morgan fingerprint density at radius 1 is 1.22 bits per heavy atom. The Morgan fingerprint density at radius 3 is 2.33 bits per heavy atom. The Labute approximate surface area is 111 Å². The van der Waals surface area contributed by atoms with Crippen LogP contribution in [-0.2, 0) is 22.4 Å². The van der Waals surface area contributed by atoms with Gasteiger partial charge in [0.2, 0.25) is 0 Å². The van der Waals surface area contributed by atoms with Crippen molar-refractivity contribution >= 4 is 23.4 Å². The van der Waals surface area contributed by atoms with E-state index in [-0.39, 0.29) is 11.0 Å². The van der Waals surface area contributed by atoms with Gasteiger partial charge in [0, 0.05) is 5.56 Å². The van der Waals surface area contributed by atoms with Gasteiger partial charge in [-0.2, -0.15) is 0 Å². The van der Waals surface area contributed by atoms with E-state index in [2.05, 4.69) is 18.6 Å². The monoisotopic (exact) mass is 266 g/mol. The molecule has 1 aliphatic rings. The summed E-state index contributed by atoms with van der Waals surface area (Å²) >= 11 is 6.07. The van der Waals surface area contributed by atoms with Gasteiger partial charge >= 0.3 is 5.97 Å². The molecule has 18 heavy (non-hydrogen) atoms. The van der Waals surface area contributed by atoms with Crippen LogP contribution in [0, 0.1) is 5.41 Å². The van der Waals surface area contributed by atoms with Crippen LogP contribution in [-0.4, -0.2) is 18.9 Å². The predicted molar refractivity (Wildman–Crippen MR) is 69.0 cm³/mol. The first-order chi connectivity index (χ1) is 8.34. The van der Waals surface area contributed by atoms with Gasteiger partial charge in [-0.1, -0.05) is 25.4 Å². The molecule has 0 aromatic heterocycles. The standard InChI is InChI=1S/C14H15ClO3/c1-14(2)6-8-4-10(12(16)13(17)18-3)11(15)5-9(8)7-14/h4-5H,6-7H2,1-3H3. The number of methoxy groups -OCH3 is 1. The summed E-state index contributed by atoms with van der Waals surface area (Å²) in [6.45, 7) is 4.34. The van der Waals surface area contributed by atoms with Crippen molar-refractivity contribution in [2.75, 3.05) is 7.11 Å². The van der Waals surface area contributed by atoms with Crippen molar-refractivity contribution in [2.45, 2.75) is 26.7 Å². The zero-order valence-electron chi connectivity index (χ0n) is 10.7. The van der Waals surface area contributed by atoms with Crippen LogP contribution in [0.3, 0.4) is 0 Å². The number of ether oxygens (including phenoxy) is 1. The molecule has 0 spiro atoms. The number of carbonyl (C=O) groups excluding carboxylic acids is 2. The molecule has 0 unspecified atom stereocenters. The molecule has 0 heterocycles. The van der Waals surface area contributed by atoms with Crippen LogP contribution < -0.4 is 0 Å². The van der Waals surface area contributed by atoms with E-state index in [0.29, 0.717) is 5.02 Å². The van der Waals surface area contributed by atoms with E-state index in [9.17, 15) is 9.59 Å². The third kappa shape index (κ3) is 2.27. The van der Waals surface area contributed by atoms with E-state index in [1.165, 1.54) is 7.11 Å². The number of esters is 1. The maximum absolute atomic E-state index is 11.8. The highest BCUT2D eigenvalue weighted by Gasteiger charge is 2.31. The molecule has 0 radical (unpaired) electrons. The minimum absolute atomic E-state index is 0.179. The Hall–Kier alpha value is -1.35. The first kappa shape index (κ1) is 13.1. The number of halogens is 1. The van der Waals surface area contributed by atoms with Crippen molar-refractivity contribution < 1.29 is 14.3 Å². The number of rotatable bonds is 2. The molecule has 0 aliphatic heterocycles. The van der Waals surface area contributed by atoms with Crippen LogP contribution in [0.2, 0.25) is 5.02 Å². The number of fused-ring (bicyclic) bond motifs is 1. The first-order valence-corrected chi connectivity index (χ1v) is 6.16. The Kier molecular flexibility index (Phi) is 3.20. The van der Waals surface area contributed by atoms with Crippen molar-refractivity contribution in [1.82, 2.24) is 0 Å². The number of benzene rings is 1. The normalized spacial score (nSPS) is 16.2. The Morgan fingerprint density at radius 2 is 1.78 bits per heavy atom. The van der Waals surface area contributed by atoms with Crippen molar-refractivity contribution in [1.29, 1.82) is 0 Å². The van der Waals surface area contributed by atoms with Gasteiger partial charge in [-0.3, -0.25) is 4.79 Å². The third-order valence-corrected chi connectivity index (χ3v) is 3.56. The molecule has 0 saturated heterocycles. The van der Waals surface area contributed by atoms with Gasteiger partial charge in [0.25, 0.3) is 5.78 Å². The quantitative estimate of drug-likeness (QED) is 0.470. The molecule has 1 aromatic rings. The first-order valence-electron chi connectivity index (χ1n) is 5.78. The van der Waals surface area contributed by atoms with E-state index in [1.54, 1.807) is 12.1 Å². The molecular weight excluding hydrogens is 252 g/mol. The number of ketones is 1. The number of hydrogen-bond acceptors (Lipinski definition) is 3. The van der Waals surface area contributed by atoms with E-state index in [0.717, 1.165) is 24.0 Å². The molecule has 0 atom stereocenters. The highest BCUT2D eigenvalue weighted by atomic mass is 35.5. The topological polar surface area (TPSA) is 43.4 Å². The van der Waals surface area contributed by atoms with Crippen LogP contribution >= 0.6 is 11.6 Å². The predicted octanol–water partition coefficient (Wildman–Crippen LogP) is 2.82. The van der Waals surface area contributed by atoms with Crippen LogP contribution in [0.5, 0.6) is 0 Å². The molecule has 0 amide bonds. The van der Waals surface area contributed by atoms with E-state index < -0.39 is 11.8 Å². The highest BCUT2D eigenvalue weighted by molar-refractivity contribution is 6.45. The fourth-order valence-electron chi connectivity index (χ4n) is 2.46. The molecule has 1 aliphatic carbocycles. The summed E-state index contributed by atoms with van der Waals surface area (Å²) < 4.78 is 4.43. The average molecular weight is 267 g/mol. The van der Waals surface area contributed by atoms with Crippen molar-refractivity contribution in [3.8, 4) is 0 Å². The molecule has 3 nitrogen and oxygen atoms in total. The third-order valence-electron chi connectivity index (χ3n) is 3.24. The second-order valence-corrected chi connectivity index (χ2v) is 5.85. The summed E-state index contributed by atoms with van der Waals surface area (Å²) in [6, 6.07) is 3.52. The fourth-order valence-corrected chi connectivity index (χ4v) is 2.73. The van der Waals surface area contributed by atoms with E-state index in [4.69, 9.17) is 11.6 Å². The number of Topliss-reactive ketones (excluding diaryl/α,β-unsaturated/α-hetero) is 1. The lowest BCUT2D eigenvalue weighted by Gasteiger charge is -2.14. The maximum atomic E-state index is 11.8. The minimum atomic E-state index is -0.880. The van der Waals surface area contributed by atoms with Gasteiger partial charge in [0.05, 0.1) is 12.1 Å². The largest absolute Gasteiger partial charge is 0.463 e. The summed E-state index contributed by atoms with van der Waals surface area (Å²) in [5, 5.41) is 0.321. The maximum Gasteiger partial charge on any atom is 0.379 e. The zero-order valence-corrected chi connectivity index (χ0v) is 11.4. The van der Waals surface area contributed by atoms with Gasteiger partial charge in [-0.25, -0.2) is 4.79 Å². The van der Waals surface area contributed by atoms with Gasteiger partial charge in [-0.05, 0) is 41.5 Å². The number of hydrogen-bond donors (Lipinski definition) is 0. The molecule has 96 valence electrons. The molecule has 0 N–H and O–H groups in total. The molecule has 4 heteroatoms. The second-order valence-electron chi connectivity index (χ2n) is 5.44. The SMILES string of the molecule is COC(=O)C(=O)c1cc2c(cc1Cl)CC(C)(C)C2. The molecule has 0 fully saturated rings. The van der Waals surface area contributed by atoms with Gasteiger partial charge in [-0.15, -0.1) is 0 Å². The van der Waals surface area contributed by atoms with E-state index >= 15 is 0 Å². The molecule has 0 saturated carbocycles.